The predicted molar refractivity (Wildman–Crippen MR) is 69.3 cm³/mol. The minimum atomic E-state index is -0.550. The molecule has 0 saturated carbocycles. The number of nitrogens with one attached hydrogen (secondary N) is 1. The first-order valence-corrected chi connectivity index (χ1v) is 6.01. The van der Waals surface area contributed by atoms with Crippen LogP contribution in [0.5, 0.6) is 0 Å². The Labute approximate surface area is 103 Å². The van der Waals surface area contributed by atoms with Gasteiger partial charge in [0.05, 0.1) is 0 Å². The van der Waals surface area contributed by atoms with Gasteiger partial charge < -0.3 is 15.1 Å². The Kier molecular flexibility index (Phi) is 3.78. The van der Waals surface area contributed by atoms with Crippen LogP contribution in [0.15, 0.2) is 0 Å². The van der Waals surface area contributed by atoms with Gasteiger partial charge in [0.15, 0.2) is 5.11 Å². The Hall–Kier alpha value is -0.840. The molecule has 1 aliphatic heterocycles. The number of thiocarbonyl (C=S) groups is 1. The second-order valence-electron chi connectivity index (χ2n) is 5.04. The Morgan fingerprint density at radius 2 is 2.00 bits per heavy atom. The van der Waals surface area contributed by atoms with Gasteiger partial charge in [0.1, 0.15) is 5.54 Å². The molecule has 1 rings (SSSR count). The SMILES string of the molecule is CC(C)NC(=S)N1CCN(C)C(=O)C1(C)C. The molecule has 1 N–H and O–H groups in total. The quantitative estimate of drug-likeness (QED) is 0.692. The maximum atomic E-state index is 12.0. The van der Waals surface area contributed by atoms with E-state index in [-0.39, 0.29) is 11.9 Å². The number of carbonyl (C=O) groups is 1. The molecule has 0 radical (unpaired) electrons. The third-order valence-electron chi connectivity index (χ3n) is 2.86. The van der Waals surface area contributed by atoms with Crippen LogP contribution in [0, 0.1) is 0 Å². The molecule has 0 bridgehead atoms. The van der Waals surface area contributed by atoms with Gasteiger partial charge in [-0.15, -0.1) is 0 Å². The van der Waals surface area contributed by atoms with E-state index in [0.717, 1.165) is 13.1 Å². The number of amides is 1. The van der Waals surface area contributed by atoms with Crippen molar-refractivity contribution in [3.63, 3.8) is 0 Å². The van der Waals surface area contributed by atoms with Gasteiger partial charge in [-0.25, -0.2) is 0 Å². The summed E-state index contributed by atoms with van der Waals surface area (Å²) in [5, 5.41) is 3.86. The van der Waals surface area contributed by atoms with E-state index >= 15 is 0 Å². The molecule has 0 atom stereocenters. The molecule has 1 amide bonds. The second-order valence-corrected chi connectivity index (χ2v) is 5.43. The van der Waals surface area contributed by atoms with Gasteiger partial charge >= 0.3 is 0 Å². The van der Waals surface area contributed by atoms with E-state index in [1.54, 1.807) is 4.90 Å². The van der Waals surface area contributed by atoms with E-state index in [0.29, 0.717) is 5.11 Å². The standard InChI is InChI=1S/C11H21N3OS/c1-8(2)12-10(16)14-7-6-13(5)9(15)11(14,3)4/h8H,6-7H2,1-5H3,(H,12,16). The summed E-state index contributed by atoms with van der Waals surface area (Å²) < 4.78 is 0. The normalized spacial score (nSPS) is 20.2. The van der Waals surface area contributed by atoms with Crippen molar-refractivity contribution in [2.45, 2.75) is 39.3 Å². The predicted octanol–water partition coefficient (Wildman–Crippen LogP) is 0.822. The minimum Gasteiger partial charge on any atom is -0.360 e. The molecule has 1 heterocycles. The van der Waals surface area contributed by atoms with Crippen LogP contribution in [-0.4, -0.2) is 52.5 Å². The van der Waals surface area contributed by atoms with Crippen LogP contribution < -0.4 is 5.32 Å². The van der Waals surface area contributed by atoms with Crippen molar-refractivity contribution in [2.24, 2.45) is 0 Å². The first-order valence-electron chi connectivity index (χ1n) is 5.60. The molecule has 1 saturated heterocycles. The molecule has 0 aromatic heterocycles. The zero-order valence-electron chi connectivity index (χ0n) is 10.7. The molecular weight excluding hydrogens is 222 g/mol. The van der Waals surface area contributed by atoms with E-state index in [2.05, 4.69) is 5.32 Å². The number of nitrogens with zero attached hydrogens (tertiary/aromatic N) is 2. The summed E-state index contributed by atoms with van der Waals surface area (Å²) in [5.74, 6) is 0.117. The Balaban J connectivity index is 2.81. The average Bonchev–Trinajstić information content (AvgIpc) is 2.13. The molecule has 92 valence electrons. The summed E-state index contributed by atoms with van der Waals surface area (Å²) >= 11 is 5.33. The van der Waals surface area contributed by atoms with Crippen molar-refractivity contribution in [3.8, 4) is 0 Å². The number of carbonyl (C=O) groups excluding carboxylic acids is 1. The molecule has 16 heavy (non-hydrogen) atoms. The van der Waals surface area contributed by atoms with Crippen LogP contribution >= 0.6 is 12.2 Å². The van der Waals surface area contributed by atoms with Gasteiger partial charge in [-0.05, 0) is 39.9 Å². The van der Waals surface area contributed by atoms with Crippen LogP contribution in [0.25, 0.3) is 0 Å². The largest absolute Gasteiger partial charge is 0.360 e. The fraction of sp³-hybridized carbons (Fsp3) is 0.818. The number of rotatable bonds is 1. The van der Waals surface area contributed by atoms with Crippen LogP contribution in [0.2, 0.25) is 0 Å². The van der Waals surface area contributed by atoms with E-state index < -0.39 is 5.54 Å². The maximum absolute atomic E-state index is 12.0. The number of hydrogen-bond acceptors (Lipinski definition) is 2. The van der Waals surface area contributed by atoms with Crippen LogP contribution in [0.3, 0.4) is 0 Å². The fourth-order valence-electron chi connectivity index (χ4n) is 1.89. The van der Waals surface area contributed by atoms with Crippen molar-refractivity contribution in [1.29, 1.82) is 0 Å². The van der Waals surface area contributed by atoms with Gasteiger partial charge in [0.25, 0.3) is 0 Å². The van der Waals surface area contributed by atoms with Crippen molar-refractivity contribution >= 4 is 23.2 Å². The highest BCUT2D eigenvalue weighted by atomic mass is 32.1. The lowest BCUT2D eigenvalue weighted by molar-refractivity contribution is -0.143. The Bertz CT molecular complexity index is 302. The lowest BCUT2D eigenvalue weighted by atomic mass is 9.98. The van der Waals surface area contributed by atoms with Crippen LogP contribution in [0.4, 0.5) is 0 Å². The third kappa shape index (κ3) is 2.45. The third-order valence-corrected chi connectivity index (χ3v) is 3.20. The fourth-order valence-corrected chi connectivity index (χ4v) is 2.45. The average molecular weight is 243 g/mol. The van der Waals surface area contributed by atoms with Gasteiger partial charge in [-0.1, -0.05) is 0 Å². The molecule has 0 aromatic rings. The topological polar surface area (TPSA) is 35.6 Å². The smallest absolute Gasteiger partial charge is 0.247 e. The number of likely N-dealkylation sites (N-methyl/N-ethyl adjacent to an activating group) is 1. The highest BCUT2D eigenvalue weighted by Crippen LogP contribution is 2.21. The number of piperazine rings is 1. The minimum absolute atomic E-state index is 0.117. The van der Waals surface area contributed by atoms with E-state index in [4.69, 9.17) is 12.2 Å². The van der Waals surface area contributed by atoms with E-state index in [1.807, 2.05) is 39.6 Å². The summed E-state index contributed by atoms with van der Waals surface area (Å²) in [7, 11) is 1.83. The molecule has 0 aromatic carbocycles. The summed E-state index contributed by atoms with van der Waals surface area (Å²) in [4.78, 5) is 15.8. The lowest BCUT2D eigenvalue weighted by Crippen LogP contribution is -2.65. The zero-order chi connectivity index (χ0) is 12.5. The summed E-state index contributed by atoms with van der Waals surface area (Å²) in [6.07, 6.45) is 0. The van der Waals surface area contributed by atoms with Gasteiger partial charge in [-0.2, -0.15) is 0 Å². The molecule has 0 unspecified atom stereocenters. The van der Waals surface area contributed by atoms with Crippen LogP contribution in [-0.2, 0) is 4.79 Å². The van der Waals surface area contributed by atoms with E-state index in [9.17, 15) is 4.79 Å². The van der Waals surface area contributed by atoms with Crippen molar-refractivity contribution in [1.82, 2.24) is 15.1 Å². The number of hydrogen-bond donors (Lipinski definition) is 1. The molecule has 0 spiro atoms. The second kappa shape index (κ2) is 4.57. The highest BCUT2D eigenvalue weighted by Gasteiger charge is 2.41. The van der Waals surface area contributed by atoms with Crippen molar-refractivity contribution in [3.05, 3.63) is 0 Å². The summed E-state index contributed by atoms with van der Waals surface area (Å²) in [6.45, 7) is 9.42. The summed E-state index contributed by atoms with van der Waals surface area (Å²) in [5.41, 5.74) is -0.550. The molecule has 1 aliphatic rings. The maximum Gasteiger partial charge on any atom is 0.247 e. The van der Waals surface area contributed by atoms with Gasteiger partial charge in [-0.3, -0.25) is 4.79 Å². The van der Waals surface area contributed by atoms with E-state index in [1.165, 1.54) is 0 Å². The van der Waals surface area contributed by atoms with Crippen LogP contribution in [0.1, 0.15) is 27.7 Å². The Morgan fingerprint density at radius 1 is 1.44 bits per heavy atom. The lowest BCUT2D eigenvalue weighted by Gasteiger charge is -2.46. The van der Waals surface area contributed by atoms with Crippen molar-refractivity contribution in [2.75, 3.05) is 20.1 Å². The highest BCUT2D eigenvalue weighted by molar-refractivity contribution is 7.80. The first-order chi connectivity index (χ1) is 7.26. The van der Waals surface area contributed by atoms with Crippen molar-refractivity contribution < 1.29 is 4.79 Å². The monoisotopic (exact) mass is 243 g/mol. The van der Waals surface area contributed by atoms with Gasteiger partial charge in [0, 0.05) is 26.2 Å². The Morgan fingerprint density at radius 3 is 2.50 bits per heavy atom. The molecule has 0 aliphatic carbocycles. The zero-order valence-corrected chi connectivity index (χ0v) is 11.5. The molecule has 5 heteroatoms. The molecule has 1 fully saturated rings. The first kappa shape index (κ1) is 13.2. The molecule has 4 nitrogen and oxygen atoms in total. The summed E-state index contributed by atoms with van der Waals surface area (Å²) in [6, 6.07) is 0.290. The molecular formula is C11H21N3OS. The van der Waals surface area contributed by atoms with Gasteiger partial charge in [0.2, 0.25) is 5.91 Å².